The van der Waals surface area contributed by atoms with Crippen LogP contribution < -0.4 is 0 Å². The van der Waals surface area contributed by atoms with E-state index in [-0.39, 0.29) is 5.91 Å². The molecule has 2 aromatic rings. The Morgan fingerprint density at radius 3 is 2.38 bits per heavy atom. The molecule has 3 rings (SSSR count). The number of hydrogen-bond donors (Lipinski definition) is 0. The van der Waals surface area contributed by atoms with E-state index in [2.05, 4.69) is 43.0 Å². The normalized spacial score (nSPS) is 15.9. The quantitative estimate of drug-likeness (QED) is 0.826. The summed E-state index contributed by atoms with van der Waals surface area (Å²) in [6.45, 7) is 9.03. The smallest absolute Gasteiger partial charge is 0.227 e. The summed E-state index contributed by atoms with van der Waals surface area (Å²) in [6.07, 6.45) is 0.550. The zero-order valence-electron chi connectivity index (χ0n) is 14.6. The second-order valence-corrected chi connectivity index (χ2v) is 7.84. The molecule has 24 heavy (non-hydrogen) atoms. The van der Waals surface area contributed by atoms with Crippen molar-refractivity contribution in [2.75, 3.05) is 26.2 Å². The monoisotopic (exact) mass is 342 g/mol. The van der Waals surface area contributed by atoms with Gasteiger partial charge in [-0.3, -0.25) is 9.69 Å². The molecule has 2 heterocycles. The maximum Gasteiger partial charge on any atom is 0.227 e. The van der Waals surface area contributed by atoms with Gasteiger partial charge in [0.25, 0.3) is 0 Å². The highest BCUT2D eigenvalue weighted by Crippen LogP contribution is 2.17. The van der Waals surface area contributed by atoms with E-state index in [1.54, 1.807) is 11.3 Å². The van der Waals surface area contributed by atoms with Crippen molar-refractivity contribution in [2.45, 2.75) is 32.7 Å². The Kier molecular flexibility index (Phi) is 5.69. The number of amides is 1. The van der Waals surface area contributed by atoms with Crippen LogP contribution in [0.2, 0.25) is 0 Å². The number of nitrogens with zero attached hydrogens (tertiary/aromatic N) is 2. The summed E-state index contributed by atoms with van der Waals surface area (Å²) in [5.41, 5.74) is 2.75. The fourth-order valence-corrected chi connectivity index (χ4v) is 3.79. The zero-order valence-corrected chi connectivity index (χ0v) is 15.4. The van der Waals surface area contributed by atoms with Crippen LogP contribution in [0.25, 0.3) is 0 Å². The molecule has 0 aliphatic carbocycles. The van der Waals surface area contributed by atoms with Gasteiger partial charge in [0.2, 0.25) is 5.91 Å². The number of carbonyl (C=O) groups excluding carboxylic acids is 1. The van der Waals surface area contributed by atoms with Gasteiger partial charge in [-0.05, 0) is 28.5 Å². The van der Waals surface area contributed by atoms with Crippen LogP contribution in [0.4, 0.5) is 0 Å². The number of hydrogen-bond acceptors (Lipinski definition) is 3. The van der Waals surface area contributed by atoms with Crippen molar-refractivity contribution in [3.63, 3.8) is 0 Å². The predicted molar refractivity (Wildman–Crippen MR) is 100 cm³/mol. The van der Waals surface area contributed by atoms with Gasteiger partial charge in [-0.15, -0.1) is 11.3 Å². The van der Waals surface area contributed by atoms with E-state index >= 15 is 0 Å². The van der Waals surface area contributed by atoms with Crippen LogP contribution in [0.3, 0.4) is 0 Å². The van der Waals surface area contributed by atoms with Gasteiger partial charge in [-0.2, -0.15) is 0 Å². The third-order valence-electron chi connectivity index (χ3n) is 4.68. The van der Waals surface area contributed by atoms with Crippen LogP contribution in [-0.4, -0.2) is 41.9 Å². The summed E-state index contributed by atoms with van der Waals surface area (Å²) in [5.74, 6) is 0.843. The van der Waals surface area contributed by atoms with Crippen molar-refractivity contribution in [2.24, 2.45) is 0 Å². The minimum absolute atomic E-state index is 0.262. The van der Waals surface area contributed by atoms with Gasteiger partial charge in [0, 0.05) is 37.6 Å². The predicted octanol–water partition coefficient (Wildman–Crippen LogP) is 3.76. The lowest BCUT2D eigenvalue weighted by molar-refractivity contribution is -0.132. The first kappa shape index (κ1) is 17.2. The summed E-state index contributed by atoms with van der Waals surface area (Å²) in [5, 5.41) is 2.03. The van der Waals surface area contributed by atoms with Crippen molar-refractivity contribution in [1.29, 1.82) is 0 Å². The van der Waals surface area contributed by atoms with Crippen molar-refractivity contribution in [3.8, 4) is 0 Å². The second-order valence-electron chi connectivity index (χ2n) is 6.81. The SMILES string of the molecule is CC(C)c1ccc(CN2CCN(C(=O)Cc3cccs3)CC2)cc1. The van der Waals surface area contributed by atoms with Crippen molar-refractivity contribution >= 4 is 17.2 Å². The molecular formula is C20H26N2OS. The molecule has 0 N–H and O–H groups in total. The average Bonchev–Trinajstić information content (AvgIpc) is 3.09. The summed E-state index contributed by atoms with van der Waals surface area (Å²) < 4.78 is 0. The van der Waals surface area contributed by atoms with Crippen molar-refractivity contribution in [1.82, 2.24) is 9.80 Å². The average molecular weight is 343 g/mol. The van der Waals surface area contributed by atoms with E-state index in [1.807, 2.05) is 22.4 Å². The Balaban J connectivity index is 1.47. The highest BCUT2D eigenvalue weighted by Gasteiger charge is 2.21. The van der Waals surface area contributed by atoms with Crippen molar-refractivity contribution in [3.05, 3.63) is 57.8 Å². The molecule has 0 radical (unpaired) electrons. The van der Waals surface area contributed by atoms with Gasteiger partial charge in [0.1, 0.15) is 0 Å². The second kappa shape index (κ2) is 7.95. The Morgan fingerprint density at radius 2 is 1.79 bits per heavy atom. The highest BCUT2D eigenvalue weighted by atomic mass is 32.1. The summed E-state index contributed by atoms with van der Waals surface area (Å²) in [7, 11) is 0. The van der Waals surface area contributed by atoms with Crippen LogP contribution >= 0.6 is 11.3 Å². The van der Waals surface area contributed by atoms with E-state index < -0.39 is 0 Å². The first-order chi connectivity index (χ1) is 11.6. The molecule has 0 atom stereocenters. The molecule has 0 bridgehead atoms. The minimum Gasteiger partial charge on any atom is -0.340 e. The molecule has 1 aromatic carbocycles. The molecule has 0 spiro atoms. The van der Waals surface area contributed by atoms with E-state index in [9.17, 15) is 4.79 Å². The fourth-order valence-electron chi connectivity index (χ4n) is 3.10. The third-order valence-corrected chi connectivity index (χ3v) is 5.56. The maximum atomic E-state index is 12.3. The molecule has 1 aliphatic heterocycles. The van der Waals surface area contributed by atoms with E-state index in [4.69, 9.17) is 0 Å². The van der Waals surface area contributed by atoms with Gasteiger partial charge in [-0.1, -0.05) is 44.2 Å². The number of benzene rings is 1. The van der Waals surface area contributed by atoms with Crippen LogP contribution in [0, 0.1) is 0 Å². The van der Waals surface area contributed by atoms with Crippen LogP contribution in [0.1, 0.15) is 35.8 Å². The van der Waals surface area contributed by atoms with Gasteiger partial charge in [0.15, 0.2) is 0 Å². The largest absolute Gasteiger partial charge is 0.340 e. The molecule has 1 amide bonds. The Hall–Kier alpha value is -1.65. The molecule has 4 heteroatoms. The topological polar surface area (TPSA) is 23.6 Å². The first-order valence-electron chi connectivity index (χ1n) is 8.73. The molecule has 1 fully saturated rings. The van der Waals surface area contributed by atoms with E-state index in [1.165, 1.54) is 11.1 Å². The van der Waals surface area contributed by atoms with Crippen LogP contribution in [0.5, 0.6) is 0 Å². The van der Waals surface area contributed by atoms with Crippen LogP contribution in [0.15, 0.2) is 41.8 Å². The van der Waals surface area contributed by atoms with E-state index in [0.29, 0.717) is 12.3 Å². The molecule has 1 saturated heterocycles. The van der Waals surface area contributed by atoms with Gasteiger partial charge < -0.3 is 4.90 Å². The Bertz CT molecular complexity index is 641. The van der Waals surface area contributed by atoms with Gasteiger partial charge in [-0.25, -0.2) is 0 Å². The van der Waals surface area contributed by atoms with Gasteiger partial charge >= 0.3 is 0 Å². The highest BCUT2D eigenvalue weighted by molar-refractivity contribution is 7.10. The lowest BCUT2D eigenvalue weighted by Gasteiger charge is -2.34. The molecule has 3 nitrogen and oxygen atoms in total. The standard InChI is InChI=1S/C20H26N2OS/c1-16(2)18-7-5-17(6-8-18)15-21-9-11-22(12-10-21)20(23)14-19-4-3-13-24-19/h3-8,13,16H,9-12,14-15H2,1-2H3. The fraction of sp³-hybridized carbons (Fsp3) is 0.450. The maximum absolute atomic E-state index is 12.3. The third kappa shape index (κ3) is 4.46. The lowest BCUT2D eigenvalue weighted by Crippen LogP contribution is -2.48. The molecular weight excluding hydrogens is 316 g/mol. The molecule has 0 unspecified atom stereocenters. The number of piperazine rings is 1. The molecule has 1 aromatic heterocycles. The number of rotatable bonds is 5. The van der Waals surface area contributed by atoms with Gasteiger partial charge in [0.05, 0.1) is 6.42 Å². The van der Waals surface area contributed by atoms with Crippen molar-refractivity contribution < 1.29 is 4.79 Å². The Morgan fingerprint density at radius 1 is 1.08 bits per heavy atom. The summed E-state index contributed by atoms with van der Waals surface area (Å²) in [6, 6.07) is 13.0. The molecule has 0 saturated carbocycles. The zero-order chi connectivity index (χ0) is 16.9. The van der Waals surface area contributed by atoms with Crippen LogP contribution in [-0.2, 0) is 17.8 Å². The Labute approximate surface area is 148 Å². The molecule has 1 aliphatic rings. The first-order valence-corrected chi connectivity index (χ1v) is 9.61. The number of thiophene rings is 1. The summed E-state index contributed by atoms with van der Waals surface area (Å²) >= 11 is 1.66. The summed E-state index contributed by atoms with van der Waals surface area (Å²) in [4.78, 5) is 18.0. The molecule has 128 valence electrons. The minimum atomic E-state index is 0.262. The number of carbonyl (C=O) groups is 1. The lowest BCUT2D eigenvalue weighted by atomic mass is 10.0. The van der Waals surface area contributed by atoms with E-state index in [0.717, 1.165) is 37.6 Å².